The van der Waals surface area contributed by atoms with Gasteiger partial charge in [-0.05, 0) is 50.5 Å². The van der Waals surface area contributed by atoms with Crippen LogP contribution in [0, 0.1) is 5.41 Å². The minimum atomic E-state index is -3.05. The van der Waals surface area contributed by atoms with Crippen LogP contribution in [0.25, 0.3) is 0 Å². The van der Waals surface area contributed by atoms with E-state index in [1.165, 1.54) is 19.3 Å². The second-order valence-electron chi connectivity index (χ2n) is 6.24. The van der Waals surface area contributed by atoms with E-state index in [0.29, 0.717) is 6.54 Å². The third-order valence-corrected chi connectivity index (χ3v) is 5.54. The molecule has 0 amide bonds. The fourth-order valence-electron chi connectivity index (χ4n) is 2.32. The van der Waals surface area contributed by atoms with Crippen LogP contribution in [0.1, 0.15) is 51.9 Å². The molecule has 0 heterocycles. The molecular formula is C13H26N2O2S. The van der Waals surface area contributed by atoms with Crippen LogP contribution >= 0.6 is 0 Å². The first-order valence-corrected chi connectivity index (χ1v) is 8.85. The van der Waals surface area contributed by atoms with Gasteiger partial charge >= 0.3 is 0 Å². The Hall–Kier alpha value is -0.130. The maximum absolute atomic E-state index is 11.8. The molecule has 2 fully saturated rings. The molecule has 0 spiro atoms. The number of sulfonamides is 1. The van der Waals surface area contributed by atoms with Crippen LogP contribution in [-0.2, 0) is 10.0 Å². The molecule has 0 aliphatic heterocycles. The molecule has 0 saturated heterocycles. The molecule has 0 bridgehead atoms. The van der Waals surface area contributed by atoms with Crippen LogP contribution in [0.5, 0.6) is 0 Å². The Bertz CT molecular complexity index is 359. The fraction of sp³-hybridized carbons (Fsp3) is 1.00. The SMILES string of the molecule is CC1(CNS(=O)(=O)CCCCNC2CC2)CCC1. The van der Waals surface area contributed by atoms with Gasteiger partial charge in [0.1, 0.15) is 0 Å². The molecule has 2 aliphatic rings. The van der Waals surface area contributed by atoms with E-state index in [4.69, 9.17) is 0 Å². The lowest BCUT2D eigenvalue weighted by Crippen LogP contribution is -2.40. The molecule has 18 heavy (non-hydrogen) atoms. The Morgan fingerprint density at radius 2 is 1.94 bits per heavy atom. The topological polar surface area (TPSA) is 58.2 Å². The molecule has 0 radical (unpaired) electrons. The summed E-state index contributed by atoms with van der Waals surface area (Å²) >= 11 is 0. The van der Waals surface area contributed by atoms with E-state index in [1.807, 2.05) is 0 Å². The average molecular weight is 274 g/mol. The fourth-order valence-corrected chi connectivity index (χ4v) is 3.62. The predicted octanol–water partition coefficient (Wildman–Crippen LogP) is 1.63. The van der Waals surface area contributed by atoms with Gasteiger partial charge in [-0.3, -0.25) is 0 Å². The first-order valence-electron chi connectivity index (χ1n) is 7.20. The van der Waals surface area contributed by atoms with Crippen LogP contribution in [-0.4, -0.2) is 33.3 Å². The number of rotatable bonds is 9. The summed E-state index contributed by atoms with van der Waals surface area (Å²) in [5.74, 6) is 0.273. The summed E-state index contributed by atoms with van der Waals surface area (Å²) in [5, 5.41) is 3.40. The smallest absolute Gasteiger partial charge is 0.211 e. The highest BCUT2D eigenvalue weighted by Crippen LogP contribution is 2.39. The molecule has 5 heteroatoms. The minimum absolute atomic E-state index is 0.223. The highest BCUT2D eigenvalue weighted by Gasteiger charge is 2.32. The van der Waals surface area contributed by atoms with Crippen molar-refractivity contribution in [3.63, 3.8) is 0 Å². The zero-order chi connectivity index (χ0) is 13.1. The first kappa shape index (κ1) is 14.3. The molecule has 106 valence electrons. The van der Waals surface area contributed by atoms with Crippen molar-refractivity contribution in [1.29, 1.82) is 0 Å². The Morgan fingerprint density at radius 3 is 2.50 bits per heavy atom. The van der Waals surface area contributed by atoms with Crippen LogP contribution in [0.4, 0.5) is 0 Å². The van der Waals surface area contributed by atoms with Crippen LogP contribution in [0.15, 0.2) is 0 Å². The third kappa shape index (κ3) is 4.86. The van der Waals surface area contributed by atoms with Crippen molar-refractivity contribution in [3.05, 3.63) is 0 Å². The summed E-state index contributed by atoms with van der Waals surface area (Å²) in [6.45, 7) is 3.74. The van der Waals surface area contributed by atoms with Gasteiger partial charge in [0.25, 0.3) is 0 Å². The highest BCUT2D eigenvalue weighted by atomic mass is 32.2. The Kier molecular flexibility index (Phi) is 4.67. The molecule has 2 saturated carbocycles. The van der Waals surface area contributed by atoms with Crippen molar-refractivity contribution >= 4 is 10.0 Å². The number of nitrogens with one attached hydrogen (secondary N) is 2. The molecule has 0 aromatic heterocycles. The molecule has 2 N–H and O–H groups in total. The molecular weight excluding hydrogens is 248 g/mol. The van der Waals surface area contributed by atoms with Crippen LogP contribution in [0.2, 0.25) is 0 Å². The molecule has 0 atom stereocenters. The van der Waals surface area contributed by atoms with Gasteiger partial charge in [0.2, 0.25) is 10.0 Å². The van der Waals surface area contributed by atoms with Gasteiger partial charge < -0.3 is 5.32 Å². The van der Waals surface area contributed by atoms with E-state index in [1.54, 1.807) is 0 Å². The largest absolute Gasteiger partial charge is 0.314 e. The van der Waals surface area contributed by atoms with Gasteiger partial charge in [-0.2, -0.15) is 0 Å². The summed E-state index contributed by atoms with van der Waals surface area (Å²) in [4.78, 5) is 0. The van der Waals surface area contributed by atoms with E-state index < -0.39 is 10.0 Å². The van der Waals surface area contributed by atoms with Crippen molar-refractivity contribution in [3.8, 4) is 0 Å². The third-order valence-electron chi connectivity index (χ3n) is 4.13. The molecule has 0 aromatic rings. The summed E-state index contributed by atoms with van der Waals surface area (Å²) in [7, 11) is -3.05. The maximum Gasteiger partial charge on any atom is 0.211 e. The summed E-state index contributed by atoms with van der Waals surface area (Å²) in [6.07, 6.45) is 7.84. The van der Waals surface area contributed by atoms with Gasteiger partial charge in [0, 0.05) is 12.6 Å². The monoisotopic (exact) mass is 274 g/mol. The normalized spacial score (nSPS) is 22.7. The Balaban J connectivity index is 1.54. The quantitative estimate of drug-likeness (QED) is 0.628. The molecule has 0 aromatic carbocycles. The van der Waals surface area contributed by atoms with E-state index in [-0.39, 0.29) is 11.2 Å². The Labute approximate surface area is 111 Å². The standard InChI is InChI=1S/C13H26N2O2S/c1-13(7-4-8-13)11-15-18(16,17)10-3-2-9-14-12-5-6-12/h12,14-15H,2-11H2,1H3. The van der Waals surface area contributed by atoms with E-state index in [2.05, 4.69) is 17.0 Å². The zero-order valence-corrected chi connectivity index (χ0v) is 12.2. The summed E-state index contributed by atoms with van der Waals surface area (Å²) in [5.41, 5.74) is 0.223. The van der Waals surface area contributed by atoms with Crippen molar-refractivity contribution in [2.75, 3.05) is 18.8 Å². The lowest BCUT2D eigenvalue weighted by molar-refractivity contribution is 0.166. The van der Waals surface area contributed by atoms with E-state index in [9.17, 15) is 8.42 Å². The van der Waals surface area contributed by atoms with Crippen LogP contribution < -0.4 is 10.0 Å². The van der Waals surface area contributed by atoms with Crippen molar-refractivity contribution < 1.29 is 8.42 Å². The number of unbranched alkanes of at least 4 members (excludes halogenated alkanes) is 1. The number of hydrogen-bond acceptors (Lipinski definition) is 3. The van der Waals surface area contributed by atoms with Gasteiger partial charge in [-0.25, -0.2) is 13.1 Å². The van der Waals surface area contributed by atoms with E-state index in [0.717, 1.165) is 38.3 Å². The number of hydrogen-bond donors (Lipinski definition) is 2. The van der Waals surface area contributed by atoms with Gasteiger partial charge in [0.05, 0.1) is 5.75 Å². The Morgan fingerprint density at radius 1 is 1.22 bits per heavy atom. The molecule has 2 aliphatic carbocycles. The summed E-state index contributed by atoms with van der Waals surface area (Å²) in [6, 6.07) is 0.721. The zero-order valence-electron chi connectivity index (χ0n) is 11.4. The predicted molar refractivity (Wildman–Crippen MR) is 74.0 cm³/mol. The second kappa shape index (κ2) is 5.88. The van der Waals surface area contributed by atoms with Gasteiger partial charge in [0.15, 0.2) is 0 Å². The van der Waals surface area contributed by atoms with Crippen LogP contribution in [0.3, 0.4) is 0 Å². The highest BCUT2D eigenvalue weighted by molar-refractivity contribution is 7.89. The first-order chi connectivity index (χ1) is 8.49. The minimum Gasteiger partial charge on any atom is -0.314 e. The lowest BCUT2D eigenvalue weighted by atomic mass is 9.71. The van der Waals surface area contributed by atoms with Gasteiger partial charge in [-0.1, -0.05) is 13.3 Å². The van der Waals surface area contributed by atoms with Crippen molar-refractivity contribution in [2.45, 2.75) is 57.9 Å². The lowest BCUT2D eigenvalue weighted by Gasteiger charge is -2.38. The van der Waals surface area contributed by atoms with Gasteiger partial charge in [-0.15, -0.1) is 0 Å². The molecule has 4 nitrogen and oxygen atoms in total. The second-order valence-corrected chi connectivity index (χ2v) is 8.17. The molecule has 2 rings (SSSR count). The average Bonchev–Trinajstić information content (AvgIpc) is 3.07. The van der Waals surface area contributed by atoms with Crippen molar-refractivity contribution in [2.24, 2.45) is 5.41 Å². The summed E-state index contributed by atoms with van der Waals surface area (Å²) < 4.78 is 26.4. The van der Waals surface area contributed by atoms with Crippen molar-refractivity contribution in [1.82, 2.24) is 10.0 Å². The molecule has 0 unspecified atom stereocenters. The maximum atomic E-state index is 11.8. The van der Waals surface area contributed by atoms with E-state index >= 15 is 0 Å².